The molecule has 6 rings (SSSR count). The van der Waals surface area contributed by atoms with Crippen LogP contribution in [0.3, 0.4) is 0 Å². The number of hydrogen-bond acceptors (Lipinski definition) is 6. The van der Waals surface area contributed by atoms with Gasteiger partial charge in [-0.3, -0.25) is 14.9 Å². The van der Waals surface area contributed by atoms with Crippen LogP contribution in [-0.4, -0.2) is 61.7 Å². The Hall–Kier alpha value is -5.09. The first-order valence-corrected chi connectivity index (χ1v) is 12.2. The molecule has 0 fully saturated rings. The molecule has 0 radical (unpaired) electrons. The number of amides is 1. The Morgan fingerprint density at radius 3 is 2.72 bits per heavy atom. The zero-order chi connectivity index (χ0) is 27.1. The molecule has 0 bridgehead atoms. The van der Waals surface area contributed by atoms with E-state index in [9.17, 15) is 14.3 Å². The number of carbonyl (C=O) groups is 1. The lowest BCUT2D eigenvalue weighted by molar-refractivity contribution is -0.116. The van der Waals surface area contributed by atoms with E-state index in [-0.39, 0.29) is 18.2 Å². The van der Waals surface area contributed by atoms with E-state index < -0.39 is 5.82 Å². The number of benzene rings is 2. The van der Waals surface area contributed by atoms with Crippen LogP contribution in [0.15, 0.2) is 73.1 Å². The van der Waals surface area contributed by atoms with E-state index in [0.29, 0.717) is 28.2 Å². The van der Waals surface area contributed by atoms with Crippen molar-refractivity contribution < 1.29 is 14.3 Å². The zero-order valence-electron chi connectivity index (χ0n) is 21.2. The summed E-state index contributed by atoms with van der Waals surface area (Å²) >= 11 is 0. The number of rotatable bonds is 6. The van der Waals surface area contributed by atoms with Gasteiger partial charge in [0.2, 0.25) is 5.91 Å². The molecule has 4 N–H and O–H groups in total. The first kappa shape index (κ1) is 24.3. The van der Waals surface area contributed by atoms with Crippen molar-refractivity contribution in [1.82, 2.24) is 30.0 Å². The number of phenolic OH excluding ortho intramolecular Hbond substituents is 1. The summed E-state index contributed by atoms with van der Waals surface area (Å²) in [7, 11) is 3.66. The number of halogens is 1. The number of carbonyl (C=O) groups excluding carboxylic acids is 1. The van der Waals surface area contributed by atoms with E-state index in [1.54, 1.807) is 17.3 Å². The van der Waals surface area contributed by atoms with Crippen LogP contribution in [0.2, 0.25) is 0 Å². The summed E-state index contributed by atoms with van der Waals surface area (Å²) in [6.07, 6.45) is 3.29. The largest absolute Gasteiger partial charge is 0.508 e. The maximum absolute atomic E-state index is 14.0. The molecule has 0 saturated heterocycles. The van der Waals surface area contributed by atoms with Crippen LogP contribution in [-0.2, 0) is 4.79 Å². The van der Waals surface area contributed by atoms with Gasteiger partial charge in [-0.05, 0) is 67.7 Å². The van der Waals surface area contributed by atoms with Gasteiger partial charge in [0.25, 0.3) is 0 Å². The van der Waals surface area contributed by atoms with Gasteiger partial charge in [0.05, 0.1) is 35.3 Å². The Balaban J connectivity index is 1.39. The third-order valence-electron chi connectivity index (χ3n) is 6.30. The van der Waals surface area contributed by atoms with Gasteiger partial charge in [-0.25, -0.2) is 9.37 Å². The second-order valence-corrected chi connectivity index (χ2v) is 9.56. The Kier molecular flexibility index (Phi) is 6.01. The Labute approximate surface area is 222 Å². The molecule has 0 aliphatic rings. The molecule has 39 heavy (non-hydrogen) atoms. The highest BCUT2D eigenvalue weighted by Gasteiger charge is 2.16. The predicted octanol–water partition coefficient (Wildman–Crippen LogP) is 5.18. The zero-order valence-corrected chi connectivity index (χ0v) is 21.2. The summed E-state index contributed by atoms with van der Waals surface area (Å²) < 4.78 is 14.0. The number of fused-ring (bicyclic) bond motifs is 2. The van der Waals surface area contributed by atoms with Crippen LogP contribution in [0.4, 0.5) is 10.1 Å². The standard InChI is InChI=1S/C29H24FN7O2/c1-37(2)15-27(39)32-19-9-17(13-31-14-19)23-6-7-25-28(34-23)29(36-35-25)26-12-22-21(4-3-5-24(22)33-26)16-8-18(30)11-20(38)10-16/h3-14,33,38H,15H2,1-2H3,(H,32,39)(H,35,36). The first-order valence-electron chi connectivity index (χ1n) is 12.2. The van der Waals surface area contributed by atoms with Crippen molar-refractivity contribution in [2.75, 3.05) is 26.0 Å². The molecule has 10 heteroatoms. The SMILES string of the molecule is CN(C)CC(=O)Nc1cncc(-c2ccc3[nH]nc(-c4cc5c(-c6cc(O)cc(F)c6)cccc5[nH]4)c3n2)c1. The molecule has 0 aliphatic heterocycles. The van der Waals surface area contributed by atoms with E-state index in [4.69, 9.17) is 4.98 Å². The number of aromatic nitrogens is 5. The van der Waals surface area contributed by atoms with Crippen LogP contribution >= 0.6 is 0 Å². The minimum atomic E-state index is -0.511. The fraction of sp³-hybridized carbons (Fsp3) is 0.103. The molecule has 9 nitrogen and oxygen atoms in total. The van der Waals surface area contributed by atoms with Gasteiger partial charge in [0.15, 0.2) is 0 Å². The lowest BCUT2D eigenvalue weighted by Crippen LogP contribution is -2.27. The number of pyridine rings is 2. The van der Waals surface area contributed by atoms with Crippen LogP contribution in [0.1, 0.15) is 0 Å². The minimum absolute atomic E-state index is 0.133. The van der Waals surface area contributed by atoms with Crippen molar-refractivity contribution >= 4 is 33.5 Å². The van der Waals surface area contributed by atoms with E-state index in [1.165, 1.54) is 12.1 Å². The third kappa shape index (κ3) is 4.80. The van der Waals surface area contributed by atoms with Crippen LogP contribution < -0.4 is 5.32 Å². The van der Waals surface area contributed by atoms with E-state index in [0.717, 1.165) is 39.3 Å². The lowest BCUT2D eigenvalue weighted by atomic mass is 10.0. The minimum Gasteiger partial charge on any atom is -0.508 e. The summed E-state index contributed by atoms with van der Waals surface area (Å²) in [4.78, 5) is 26.5. The van der Waals surface area contributed by atoms with Crippen LogP contribution in [0.5, 0.6) is 5.75 Å². The van der Waals surface area contributed by atoms with Gasteiger partial charge in [0.1, 0.15) is 22.8 Å². The Morgan fingerprint density at radius 1 is 1.03 bits per heavy atom. The topological polar surface area (TPSA) is 123 Å². The van der Waals surface area contributed by atoms with Crippen molar-refractivity contribution in [2.45, 2.75) is 0 Å². The summed E-state index contributed by atoms with van der Waals surface area (Å²) in [6, 6.07) is 17.2. The van der Waals surface area contributed by atoms with Gasteiger partial charge in [-0.1, -0.05) is 12.1 Å². The normalized spacial score (nSPS) is 11.5. The molecule has 194 valence electrons. The van der Waals surface area contributed by atoms with E-state index >= 15 is 0 Å². The summed E-state index contributed by atoms with van der Waals surface area (Å²) in [5.41, 5.74) is 6.96. The quantitative estimate of drug-likeness (QED) is 0.240. The molecule has 4 heterocycles. The van der Waals surface area contributed by atoms with Crippen molar-refractivity contribution in [3.05, 3.63) is 78.9 Å². The molecule has 1 amide bonds. The van der Waals surface area contributed by atoms with Crippen molar-refractivity contribution in [3.8, 4) is 39.5 Å². The number of likely N-dealkylation sites (N-methyl/N-ethyl adjacent to an activating group) is 1. The molecular formula is C29H24FN7O2. The molecular weight excluding hydrogens is 497 g/mol. The summed E-state index contributed by atoms with van der Waals surface area (Å²) in [5.74, 6) is -0.779. The number of nitrogens with zero attached hydrogens (tertiary/aromatic N) is 4. The number of hydrogen-bond donors (Lipinski definition) is 4. The van der Waals surface area contributed by atoms with Crippen molar-refractivity contribution in [2.24, 2.45) is 0 Å². The van der Waals surface area contributed by atoms with Gasteiger partial charge in [0, 0.05) is 28.7 Å². The average molecular weight is 522 g/mol. The number of nitrogens with one attached hydrogen (secondary N) is 3. The van der Waals surface area contributed by atoms with Gasteiger partial charge < -0.3 is 20.3 Å². The number of aromatic amines is 2. The number of anilines is 1. The second-order valence-electron chi connectivity index (χ2n) is 9.56. The van der Waals surface area contributed by atoms with E-state index in [1.807, 2.05) is 56.6 Å². The predicted molar refractivity (Wildman–Crippen MR) is 149 cm³/mol. The summed E-state index contributed by atoms with van der Waals surface area (Å²) in [6.45, 7) is 0.263. The first-order chi connectivity index (χ1) is 18.8. The highest BCUT2D eigenvalue weighted by molar-refractivity contribution is 6.00. The Bertz CT molecular complexity index is 1840. The third-order valence-corrected chi connectivity index (χ3v) is 6.30. The van der Waals surface area contributed by atoms with Crippen molar-refractivity contribution in [3.63, 3.8) is 0 Å². The monoisotopic (exact) mass is 521 g/mol. The van der Waals surface area contributed by atoms with Gasteiger partial charge in [-0.2, -0.15) is 5.10 Å². The number of phenols is 1. The van der Waals surface area contributed by atoms with Crippen LogP contribution in [0, 0.1) is 5.82 Å². The molecule has 4 aromatic heterocycles. The molecule has 0 aliphatic carbocycles. The maximum atomic E-state index is 14.0. The second kappa shape index (κ2) is 9.66. The van der Waals surface area contributed by atoms with Crippen molar-refractivity contribution in [1.29, 1.82) is 0 Å². The molecule has 2 aromatic carbocycles. The Morgan fingerprint density at radius 2 is 1.90 bits per heavy atom. The highest BCUT2D eigenvalue weighted by atomic mass is 19.1. The number of aromatic hydroxyl groups is 1. The van der Waals surface area contributed by atoms with Gasteiger partial charge >= 0.3 is 0 Å². The smallest absolute Gasteiger partial charge is 0.238 e. The molecule has 0 saturated carbocycles. The molecule has 6 aromatic rings. The average Bonchev–Trinajstić information content (AvgIpc) is 3.51. The lowest BCUT2D eigenvalue weighted by Gasteiger charge is -2.10. The molecule has 0 spiro atoms. The molecule has 0 atom stereocenters. The van der Waals surface area contributed by atoms with E-state index in [2.05, 4.69) is 25.5 Å². The molecule has 0 unspecified atom stereocenters. The fourth-order valence-electron chi connectivity index (χ4n) is 4.65. The fourth-order valence-corrected chi connectivity index (χ4v) is 4.65. The summed E-state index contributed by atoms with van der Waals surface area (Å²) in [5, 5.41) is 21.2. The highest BCUT2D eigenvalue weighted by Crippen LogP contribution is 2.35. The van der Waals surface area contributed by atoms with Gasteiger partial charge in [-0.15, -0.1) is 0 Å². The number of H-pyrrole nitrogens is 2. The van der Waals surface area contributed by atoms with Crippen LogP contribution in [0.25, 0.3) is 55.7 Å². The maximum Gasteiger partial charge on any atom is 0.238 e.